The van der Waals surface area contributed by atoms with Gasteiger partial charge in [-0.1, -0.05) is 35.5 Å². The second-order valence-corrected chi connectivity index (χ2v) is 6.32. The van der Waals surface area contributed by atoms with Crippen molar-refractivity contribution in [1.82, 2.24) is 5.16 Å². The van der Waals surface area contributed by atoms with Crippen molar-refractivity contribution in [3.63, 3.8) is 0 Å². The quantitative estimate of drug-likeness (QED) is 0.639. The fourth-order valence-electron chi connectivity index (χ4n) is 2.28. The molecule has 2 N–H and O–H groups in total. The van der Waals surface area contributed by atoms with Crippen molar-refractivity contribution in [1.29, 1.82) is 0 Å². The average molecular weight is 390 g/mol. The van der Waals surface area contributed by atoms with Gasteiger partial charge >= 0.3 is 0 Å². The van der Waals surface area contributed by atoms with E-state index in [1.165, 1.54) is 14.7 Å². The summed E-state index contributed by atoms with van der Waals surface area (Å²) < 4.78 is 6.41. The normalized spacial score (nSPS) is 10.8. The molecule has 2 aromatic carbocycles. The Morgan fingerprint density at radius 1 is 0.952 bits per heavy atom. The van der Waals surface area contributed by atoms with Gasteiger partial charge in [0, 0.05) is 9.13 Å². The lowest BCUT2D eigenvalue weighted by molar-refractivity contribution is 0.439. The van der Waals surface area contributed by atoms with Gasteiger partial charge in [0.05, 0.1) is 5.56 Å². The summed E-state index contributed by atoms with van der Waals surface area (Å²) in [5.74, 6) is 0.354. The number of benzene rings is 2. The molecule has 0 bridgehead atoms. The van der Waals surface area contributed by atoms with Gasteiger partial charge in [-0.25, -0.2) is 0 Å². The fraction of sp³-hybridized carbons (Fsp3) is 0.118. The number of rotatable bonds is 2. The summed E-state index contributed by atoms with van der Waals surface area (Å²) in [6, 6.07) is 14.4. The first-order valence-electron chi connectivity index (χ1n) is 6.65. The summed E-state index contributed by atoms with van der Waals surface area (Å²) in [7, 11) is 0. The van der Waals surface area contributed by atoms with Gasteiger partial charge in [0.2, 0.25) is 5.88 Å². The van der Waals surface area contributed by atoms with Crippen LogP contribution in [0.1, 0.15) is 11.1 Å². The van der Waals surface area contributed by atoms with E-state index in [4.69, 9.17) is 10.3 Å². The van der Waals surface area contributed by atoms with Gasteiger partial charge in [-0.2, -0.15) is 0 Å². The largest absolute Gasteiger partial charge is 0.367 e. The maximum absolute atomic E-state index is 6.00. The zero-order valence-corrected chi connectivity index (χ0v) is 14.0. The molecule has 0 amide bonds. The van der Waals surface area contributed by atoms with E-state index in [0.717, 1.165) is 22.4 Å². The summed E-state index contributed by atoms with van der Waals surface area (Å²) in [5, 5.41) is 4.14. The number of nitrogens with zero attached hydrogens (tertiary/aromatic N) is 1. The highest BCUT2D eigenvalue weighted by molar-refractivity contribution is 14.1. The van der Waals surface area contributed by atoms with Gasteiger partial charge in [0.15, 0.2) is 0 Å². The minimum absolute atomic E-state index is 0.354. The molecule has 0 aliphatic heterocycles. The van der Waals surface area contributed by atoms with Crippen LogP contribution in [0.4, 0.5) is 5.88 Å². The van der Waals surface area contributed by atoms with Crippen LogP contribution in [-0.4, -0.2) is 5.16 Å². The van der Waals surface area contributed by atoms with E-state index < -0.39 is 0 Å². The molecular formula is C17H15IN2O. The molecule has 106 valence electrons. The van der Waals surface area contributed by atoms with E-state index >= 15 is 0 Å². The molecule has 0 saturated carbocycles. The van der Waals surface area contributed by atoms with Crippen LogP contribution >= 0.6 is 22.6 Å². The Hall–Kier alpha value is -1.82. The first-order valence-corrected chi connectivity index (χ1v) is 7.73. The van der Waals surface area contributed by atoms with E-state index in [1.54, 1.807) is 0 Å². The number of nitrogen functional groups attached to an aromatic ring is 1. The zero-order chi connectivity index (χ0) is 15.0. The molecule has 3 aromatic rings. The van der Waals surface area contributed by atoms with E-state index in [9.17, 15) is 0 Å². The molecule has 3 rings (SSSR count). The molecule has 0 spiro atoms. The molecule has 4 heteroatoms. The topological polar surface area (TPSA) is 52.0 Å². The summed E-state index contributed by atoms with van der Waals surface area (Å²) in [6.45, 7) is 4.18. The molecule has 0 atom stereocenters. The van der Waals surface area contributed by atoms with Crippen molar-refractivity contribution in [3.05, 3.63) is 57.2 Å². The number of aryl methyl sites for hydroxylation is 2. The first kappa shape index (κ1) is 14.1. The monoisotopic (exact) mass is 390 g/mol. The Kier molecular flexibility index (Phi) is 3.71. The lowest BCUT2D eigenvalue weighted by Crippen LogP contribution is -1.90. The van der Waals surface area contributed by atoms with Crippen molar-refractivity contribution >= 4 is 28.5 Å². The number of hydrogen-bond acceptors (Lipinski definition) is 3. The zero-order valence-electron chi connectivity index (χ0n) is 11.9. The standard InChI is InChI=1S/C17H15IN2O/c1-10-3-4-13(9-11(10)2)15-16(20-21-17(15)19)12-5-7-14(18)8-6-12/h3-9H,19H2,1-2H3. The van der Waals surface area contributed by atoms with E-state index in [-0.39, 0.29) is 0 Å². The molecule has 0 saturated heterocycles. The minimum Gasteiger partial charge on any atom is -0.367 e. The van der Waals surface area contributed by atoms with Crippen molar-refractivity contribution in [2.45, 2.75) is 13.8 Å². The molecular weight excluding hydrogens is 375 g/mol. The summed E-state index contributed by atoms with van der Waals surface area (Å²) >= 11 is 2.28. The van der Waals surface area contributed by atoms with Crippen molar-refractivity contribution in [3.8, 4) is 22.4 Å². The van der Waals surface area contributed by atoms with Crippen LogP contribution < -0.4 is 5.73 Å². The number of anilines is 1. The highest BCUT2D eigenvalue weighted by atomic mass is 127. The molecule has 1 heterocycles. The predicted octanol–water partition coefficient (Wildman–Crippen LogP) is 4.81. The van der Waals surface area contributed by atoms with Crippen LogP contribution in [0.5, 0.6) is 0 Å². The van der Waals surface area contributed by atoms with Crippen molar-refractivity contribution in [2.75, 3.05) is 5.73 Å². The molecule has 0 aliphatic carbocycles. The van der Waals surface area contributed by atoms with Gasteiger partial charge < -0.3 is 10.3 Å². The molecule has 0 fully saturated rings. The smallest absolute Gasteiger partial charge is 0.230 e. The number of halogens is 1. The van der Waals surface area contributed by atoms with Crippen LogP contribution in [0.15, 0.2) is 47.0 Å². The summed E-state index contributed by atoms with van der Waals surface area (Å²) in [5.41, 5.74) is 12.2. The maximum Gasteiger partial charge on any atom is 0.230 e. The second-order valence-electron chi connectivity index (χ2n) is 5.08. The Morgan fingerprint density at radius 3 is 2.29 bits per heavy atom. The highest BCUT2D eigenvalue weighted by Crippen LogP contribution is 2.36. The minimum atomic E-state index is 0.354. The predicted molar refractivity (Wildman–Crippen MR) is 94.0 cm³/mol. The number of hydrogen-bond donors (Lipinski definition) is 1. The van der Waals surface area contributed by atoms with Crippen molar-refractivity contribution < 1.29 is 4.52 Å². The van der Waals surface area contributed by atoms with Crippen LogP contribution in [0.25, 0.3) is 22.4 Å². The summed E-state index contributed by atoms with van der Waals surface area (Å²) in [4.78, 5) is 0. The van der Waals surface area contributed by atoms with E-state index in [0.29, 0.717) is 5.88 Å². The Bertz CT molecular complexity index is 791. The molecule has 0 aliphatic rings. The molecule has 21 heavy (non-hydrogen) atoms. The second kappa shape index (κ2) is 5.52. The van der Waals surface area contributed by atoms with Gasteiger partial charge in [-0.3, -0.25) is 0 Å². The van der Waals surface area contributed by atoms with Gasteiger partial charge in [0.1, 0.15) is 5.69 Å². The Morgan fingerprint density at radius 2 is 1.62 bits per heavy atom. The van der Waals surface area contributed by atoms with Crippen LogP contribution in [-0.2, 0) is 0 Å². The van der Waals surface area contributed by atoms with Crippen LogP contribution in [0, 0.1) is 17.4 Å². The van der Waals surface area contributed by atoms with Crippen LogP contribution in [0.2, 0.25) is 0 Å². The Labute approximate surface area is 137 Å². The SMILES string of the molecule is Cc1ccc(-c2c(-c3ccc(I)cc3)noc2N)cc1C. The van der Waals surface area contributed by atoms with Gasteiger partial charge in [-0.15, -0.1) is 0 Å². The van der Waals surface area contributed by atoms with Gasteiger partial charge in [-0.05, 0) is 65.3 Å². The lowest BCUT2D eigenvalue weighted by atomic mass is 9.98. The lowest BCUT2D eigenvalue weighted by Gasteiger charge is -2.06. The number of aromatic nitrogens is 1. The first-order chi connectivity index (χ1) is 10.1. The third-order valence-electron chi connectivity index (χ3n) is 3.63. The maximum atomic E-state index is 6.00. The summed E-state index contributed by atoms with van der Waals surface area (Å²) in [6.07, 6.45) is 0. The van der Waals surface area contributed by atoms with Crippen LogP contribution in [0.3, 0.4) is 0 Å². The Balaban J connectivity index is 2.16. The molecule has 3 nitrogen and oxygen atoms in total. The molecule has 0 radical (unpaired) electrons. The fourth-order valence-corrected chi connectivity index (χ4v) is 2.64. The molecule has 1 aromatic heterocycles. The average Bonchev–Trinajstić information content (AvgIpc) is 2.85. The number of nitrogens with two attached hydrogens (primary N) is 1. The van der Waals surface area contributed by atoms with Crippen molar-refractivity contribution in [2.24, 2.45) is 0 Å². The third-order valence-corrected chi connectivity index (χ3v) is 4.35. The van der Waals surface area contributed by atoms with E-state index in [1.807, 2.05) is 24.3 Å². The van der Waals surface area contributed by atoms with E-state index in [2.05, 4.69) is 59.8 Å². The van der Waals surface area contributed by atoms with Gasteiger partial charge in [0.25, 0.3) is 0 Å². The third kappa shape index (κ3) is 2.68. The molecule has 0 unspecified atom stereocenters. The highest BCUT2D eigenvalue weighted by Gasteiger charge is 2.17.